The Bertz CT molecular complexity index is 729. The third-order valence-electron chi connectivity index (χ3n) is 5.91. The number of hydrogen-bond acceptors (Lipinski definition) is 5. The predicted octanol–water partition coefficient (Wildman–Crippen LogP) is 6.03. The van der Waals surface area contributed by atoms with E-state index in [1.54, 1.807) is 24.3 Å². The molecule has 1 rings (SSSR count). The Morgan fingerprint density at radius 2 is 1.14 bits per heavy atom. The summed E-state index contributed by atoms with van der Waals surface area (Å²) in [6.07, 6.45) is 0. The van der Waals surface area contributed by atoms with Crippen molar-refractivity contribution in [2.75, 3.05) is 0 Å². The minimum absolute atomic E-state index is 0.0979. The molecule has 0 aliphatic rings. The highest BCUT2D eigenvalue weighted by atomic mass is 32.2. The van der Waals surface area contributed by atoms with Gasteiger partial charge in [0.25, 0.3) is 6.48 Å². The summed E-state index contributed by atoms with van der Waals surface area (Å²) in [5.41, 5.74) is 0.977. The van der Waals surface area contributed by atoms with Crippen LogP contribution in [0.5, 0.6) is 0 Å². The summed E-state index contributed by atoms with van der Waals surface area (Å²) < 4.78 is 43.8. The molecule has 0 saturated heterocycles. The zero-order valence-electron chi connectivity index (χ0n) is 19.3. The number of rotatable bonds is 7. The highest BCUT2D eigenvalue weighted by Gasteiger charge is 2.45. The van der Waals surface area contributed by atoms with E-state index >= 15 is 0 Å². The summed E-state index contributed by atoms with van der Waals surface area (Å²) in [4.78, 5) is 0.0979. The second kappa shape index (κ2) is 8.31. The Morgan fingerprint density at radius 1 is 0.786 bits per heavy atom. The van der Waals surface area contributed by atoms with Crippen LogP contribution in [0.3, 0.4) is 0 Å². The number of hydrogen-bond donors (Lipinski definition) is 0. The van der Waals surface area contributed by atoms with Crippen LogP contribution < -0.4 is 0 Å². The SMILES string of the molecule is Cc1ccc(S(=O)(=O)OC(O[Si](C)(C)C(C)(C)C)O[Si](C)(C)C(C)(C)C)cc1. The minimum Gasteiger partial charge on any atom is -0.371 e. The Labute approximate surface area is 174 Å². The zero-order valence-corrected chi connectivity index (χ0v) is 22.2. The lowest BCUT2D eigenvalue weighted by Crippen LogP contribution is -2.51. The summed E-state index contributed by atoms with van der Waals surface area (Å²) in [5.74, 6) is 0. The molecule has 8 heteroatoms. The monoisotopic (exact) mass is 446 g/mol. The van der Waals surface area contributed by atoms with Crippen molar-refractivity contribution in [1.82, 2.24) is 0 Å². The average molecular weight is 447 g/mol. The van der Waals surface area contributed by atoms with Crippen molar-refractivity contribution in [1.29, 1.82) is 0 Å². The lowest BCUT2D eigenvalue weighted by Gasteiger charge is -2.43. The quantitative estimate of drug-likeness (QED) is 0.291. The Balaban J connectivity index is 3.25. The van der Waals surface area contributed by atoms with Gasteiger partial charge in [0, 0.05) is 0 Å². The molecule has 1 aromatic carbocycles. The predicted molar refractivity (Wildman–Crippen MR) is 120 cm³/mol. The first kappa shape index (κ1) is 25.5. The van der Waals surface area contributed by atoms with Crippen LogP contribution >= 0.6 is 0 Å². The van der Waals surface area contributed by atoms with Crippen LogP contribution in [0.2, 0.25) is 36.3 Å². The van der Waals surface area contributed by atoms with Gasteiger partial charge in [-0.15, -0.1) is 0 Å². The molecule has 0 aliphatic carbocycles. The molecule has 1 aromatic rings. The highest BCUT2D eigenvalue weighted by molar-refractivity contribution is 7.86. The second-order valence-corrected chi connectivity index (χ2v) is 21.5. The van der Waals surface area contributed by atoms with Gasteiger partial charge in [0.15, 0.2) is 16.6 Å². The van der Waals surface area contributed by atoms with Crippen LogP contribution in [0.1, 0.15) is 47.1 Å². The lowest BCUT2D eigenvalue weighted by molar-refractivity contribution is -0.153. The molecular weight excluding hydrogens is 408 g/mol. The van der Waals surface area contributed by atoms with E-state index in [9.17, 15) is 8.42 Å². The van der Waals surface area contributed by atoms with Crippen LogP contribution in [-0.2, 0) is 23.2 Å². The van der Waals surface area contributed by atoms with E-state index in [1.807, 2.05) is 6.92 Å². The summed E-state index contributed by atoms with van der Waals surface area (Å²) >= 11 is 0. The van der Waals surface area contributed by atoms with Crippen LogP contribution in [0, 0.1) is 6.92 Å². The molecule has 0 atom stereocenters. The van der Waals surface area contributed by atoms with Gasteiger partial charge in [-0.2, -0.15) is 8.42 Å². The fourth-order valence-electron chi connectivity index (χ4n) is 1.76. The molecule has 0 fully saturated rings. The van der Waals surface area contributed by atoms with Crippen molar-refractivity contribution >= 4 is 26.8 Å². The summed E-state index contributed by atoms with van der Waals surface area (Å²) in [6.45, 7) is 21.4. The van der Waals surface area contributed by atoms with Gasteiger partial charge in [0.2, 0.25) is 0 Å². The number of benzene rings is 1. The van der Waals surface area contributed by atoms with Gasteiger partial charge in [-0.25, -0.2) is 4.18 Å². The van der Waals surface area contributed by atoms with E-state index in [4.69, 9.17) is 13.0 Å². The van der Waals surface area contributed by atoms with E-state index in [2.05, 4.69) is 67.7 Å². The van der Waals surface area contributed by atoms with Crippen molar-refractivity contribution in [2.45, 2.75) is 96.1 Å². The fraction of sp³-hybridized carbons (Fsp3) is 0.700. The molecule has 28 heavy (non-hydrogen) atoms. The van der Waals surface area contributed by atoms with Gasteiger partial charge in [0.1, 0.15) is 0 Å². The fourth-order valence-corrected chi connectivity index (χ4v) is 4.73. The van der Waals surface area contributed by atoms with Gasteiger partial charge in [-0.3, -0.25) is 0 Å². The standard InChI is InChI=1S/C20H38O5SSi2/c1-16-12-14-17(15-13-16)26(21,22)23-18(24-27(8,9)19(2,3)4)25-28(10,11)20(5,6)7/h12-15,18H,1-11H3. The smallest absolute Gasteiger partial charge is 0.301 e. The van der Waals surface area contributed by atoms with Gasteiger partial charge in [-0.1, -0.05) is 59.2 Å². The Morgan fingerprint density at radius 3 is 1.46 bits per heavy atom. The lowest BCUT2D eigenvalue weighted by atomic mass is 10.2. The average Bonchev–Trinajstić information content (AvgIpc) is 2.43. The molecule has 5 nitrogen and oxygen atoms in total. The molecule has 0 N–H and O–H groups in total. The molecule has 0 heterocycles. The van der Waals surface area contributed by atoms with Crippen LogP contribution in [0.15, 0.2) is 29.2 Å². The van der Waals surface area contributed by atoms with Crippen molar-refractivity contribution < 1.29 is 21.5 Å². The molecular formula is C20H38O5SSi2. The second-order valence-electron chi connectivity index (χ2n) is 10.4. The zero-order chi connectivity index (χ0) is 22.2. The van der Waals surface area contributed by atoms with Gasteiger partial charge >= 0.3 is 10.1 Å². The highest BCUT2D eigenvalue weighted by Crippen LogP contribution is 2.41. The van der Waals surface area contributed by atoms with E-state index in [0.29, 0.717) is 0 Å². The maximum Gasteiger partial charge on any atom is 0.301 e. The van der Waals surface area contributed by atoms with Gasteiger partial charge in [-0.05, 0) is 55.3 Å². The van der Waals surface area contributed by atoms with Crippen molar-refractivity contribution in [3.63, 3.8) is 0 Å². The minimum atomic E-state index is -4.02. The van der Waals surface area contributed by atoms with Gasteiger partial charge in [0.05, 0.1) is 4.90 Å². The van der Waals surface area contributed by atoms with Crippen LogP contribution in [-0.4, -0.2) is 31.5 Å². The number of aryl methyl sites for hydroxylation is 1. The Kier molecular flexibility index (Phi) is 7.58. The first-order valence-electron chi connectivity index (χ1n) is 9.64. The maximum atomic E-state index is 12.9. The normalized spacial score (nSPS) is 14.6. The molecule has 0 saturated carbocycles. The topological polar surface area (TPSA) is 61.8 Å². The largest absolute Gasteiger partial charge is 0.371 e. The summed E-state index contributed by atoms with van der Waals surface area (Å²) in [7, 11) is -8.68. The molecule has 0 spiro atoms. The first-order chi connectivity index (χ1) is 12.3. The molecule has 0 radical (unpaired) electrons. The molecule has 0 unspecified atom stereocenters. The first-order valence-corrected chi connectivity index (χ1v) is 16.9. The molecule has 0 amide bonds. The van der Waals surface area contributed by atoms with Crippen molar-refractivity contribution in [3.8, 4) is 0 Å². The molecule has 162 valence electrons. The van der Waals surface area contributed by atoms with Crippen LogP contribution in [0.4, 0.5) is 0 Å². The van der Waals surface area contributed by atoms with E-state index in [1.165, 1.54) is 0 Å². The van der Waals surface area contributed by atoms with Crippen molar-refractivity contribution in [3.05, 3.63) is 29.8 Å². The van der Waals surface area contributed by atoms with E-state index < -0.39 is 33.2 Å². The summed E-state index contributed by atoms with van der Waals surface area (Å²) in [6, 6.07) is 6.57. The molecule has 0 aromatic heterocycles. The Hall–Kier alpha value is -0.516. The van der Waals surface area contributed by atoms with E-state index in [0.717, 1.165) is 5.56 Å². The third kappa shape index (κ3) is 6.50. The van der Waals surface area contributed by atoms with E-state index in [-0.39, 0.29) is 15.0 Å². The van der Waals surface area contributed by atoms with Crippen molar-refractivity contribution in [2.24, 2.45) is 0 Å². The maximum absolute atomic E-state index is 12.9. The molecule has 0 bridgehead atoms. The third-order valence-corrected chi connectivity index (χ3v) is 16.0. The summed E-state index contributed by atoms with van der Waals surface area (Å²) in [5, 5.41) is -0.224. The molecule has 0 aliphatic heterocycles. The van der Waals surface area contributed by atoms with Gasteiger partial charge < -0.3 is 8.85 Å². The van der Waals surface area contributed by atoms with Crippen LogP contribution in [0.25, 0.3) is 0 Å².